The molecule has 1 unspecified atom stereocenters. The second-order valence-corrected chi connectivity index (χ2v) is 6.62. The highest BCUT2D eigenvalue weighted by Gasteiger charge is 2.12. The van der Waals surface area contributed by atoms with Gasteiger partial charge in [-0.25, -0.2) is 0 Å². The molecule has 1 N–H and O–H groups in total. The number of halogens is 1. The lowest BCUT2D eigenvalue weighted by Gasteiger charge is -2.22. The van der Waals surface area contributed by atoms with Crippen LogP contribution in [0.25, 0.3) is 11.1 Å². The molecule has 2 aromatic carbocycles. The molecule has 0 amide bonds. The van der Waals surface area contributed by atoms with Crippen molar-refractivity contribution in [3.63, 3.8) is 0 Å². The fourth-order valence-electron chi connectivity index (χ4n) is 3.18. The Labute approximate surface area is 143 Å². The molecule has 1 atom stereocenters. The maximum atomic E-state index is 6.28. The number of hydrogen-bond donors (Lipinski definition) is 1. The van der Waals surface area contributed by atoms with Crippen LogP contribution in [0.2, 0.25) is 5.02 Å². The number of hydrogen-bond acceptors (Lipinski definition) is 2. The molecule has 3 rings (SSSR count). The summed E-state index contributed by atoms with van der Waals surface area (Å²) in [7, 11) is 0. The number of rotatable bonds is 6. The number of piperidine rings is 1. The Morgan fingerprint density at radius 2 is 2.04 bits per heavy atom. The molecular weight excluding hydrogens is 306 g/mol. The van der Waals surface area contributed by atoms with Crippen molar-refractivity contribution in [2.75, 3.05) is 19.7 Å². The molecule has 1 heterocycles. The Hall–Kier alpha value is -1.51. The largest absolute Gasteiger partial charge is 0.494 e. The topological polar surface area (TPSA) is 21.3 Å². The first-order valence-electron chi connectivity index (χ1n) is 8.51. The molecule has 2 aromatic rings. The van der Waals surface area contributed by atoms with E-state index in [1.54, 1.807) is 0 Å². The highest BCUT2D eigenvalue weighted by Crippen LogP contribution is 2.30. The lowest BCUT2D eigenvalue weighted by Crippen LogP contribution is -2.29. The summed E-state index contributed by atoms with van der Waals surface area (Å²) in [5.41, 5.74) is 2.15. The smallest absolute Gasteiger partial charge is 0.119 e. The molecule has 0 spiro atoms. The van der Waals surface area contributed by atoms with Gasteiger partial charge in [0.25, 0.3) is 0 Å². The maximum absolute atomic E-state index is 6.28. The minimum Gasteiger partial charge on any atom is -0.494 e. The molecule has 0 radical (unpaired) electrons. The Kier molecular flexibility index (Phi) is 5.95. The van der Waals surface area contributed by atoms with Crippen molar-refractivity contribution in [1.82, 2.24) is 5.32 Å². The van der Waals surface area contributed by atoms with Gasteiger partial charge in [0.05, 0.1) is 6.61 Å². The van der Waals surface area contributed by atoms with E-state index in [0.29, 0.717) is 0 Å². The van der Waals surface area contributed by atoms with Crippen LogP contribution >= 0.6 is 11.6 Å². The molecule has 1 aliphatic rings. The molecule has 0 aliphatic carbocycles. The van der Waals surface area contributed by atoms with Crippen molar-refractivity contribution in [2.24, 2.45) is 5.92 Å². The summed E-state index contributed by atoms with van der Waals surface area (Å²) in [6.07, 6.45) is 5.03. The third-order valence-electron chi connectivity index (χ3n) is 4.44. The van der Waals surface area contributed by atoms with E-state index in [1.165, 1.54) is 32.4 Å². The number of ether oxygens (including phenoxy) is 1. The van der Waals surface area contributed by atoms with Crippen LogP contribution in [0.3, 0.4) is 0 Å². The van der Waals surface area contributed by atoms with E-state index in [0.717, 1.165) is 40.8 Å². The van der Waals surface area contributed by atoms with Crippen LogP contribution in [0.15, 0.2) is 48.5 Å². The molecule has 1 fully saturated rings. The number of nitrogens with one attached hydrogen (secondary N) is 1. The van der Waals surface area contributed by atoms with E-state index < -0.39 is 0 Å². The van der Waals surface area contributed by atoms with Gasteiger partial charge in [-0.15, -0.1) is 0 Å². The molecule has 0 saturated carbocycles. The van der Waals surface area contributed by atoms with E-state index >= 15 is 0 Å². The van der Waals surface area contributed by atoms with Crippen molar-refractivity contribution in [3.05, 3.63) is 53.6 Å². The second kappa shape index (κ2) is 8.37. The average Bonchev–Trinajstić information content (AvgIpc) is 2.60. The van der Waals surface area contributed by atoms with Crippen LogP contribution in [0.4, 0.5) is 0 Å². The van der Waals surface area contributed by atoms with Gasteiger partial charge in [-0.1, -0.05) is 41.9 Å². The Morgan fingerprint density at radius 1 is 1.13 bits per heavy atom. The predicted molar refractivity (Wildman–Crippen MR) is 97.2 cm³/mol. The van der Waals surface area contributed by atoms with Gasteiger partial charge in [0.15, 0.2) is 0 Å². The van der Waals surface area contributed by atoms with Gasteiger partial charge in [-0.3, -0.25) is 0 Å². The van der Waals surface area contributed by atoms with Crippen LogP contribution in [0, 0.1) is 5.92 Å². The minimum absolute atomic E-state index is 0.773. The van der Waals surface area contributed by atoms with Gasteiger partial charge < -0.3 is 10.1 Å². The third kappa shape index (κ3) is 4.73. The quantitative estimate of drug-likeness (QED) is 0.738. The first-order valence-corrected chi connectivity index (χ1v) is 8.89. The first-order chi connectivity index (χ1) is 11.3. The van der Waals surface area contributed by atoms with Crippen molar-refractivity contribution < 1.29 is 4.74 Å². The van der Waals surface area contributed by atoms with Crippen molar-refractivity contribution in [2.45, 2.75) is 25.7 Å². The standard InChI is InChI=1S/C20H24ClNO/c21-20-11-2-1-10-19(20)17-8-3-9-18(14-17)23-13-5-7-16-6-4-12-22-15-16/h1-3,8-11,14,16,22H,4-7,12-13,15H2. The molecule has 0 aromatic heterocycles. The van der Waals surface area contributed by atoms with Gasteiger partial charge >= 0.3 is 0 Å². The van der Waals surface area contributed by atoms with E-state index in [4.69, 9.17) is 16.3 Å². The summed E-state index contributed by atoms with van der Waals surface area (Å²) < 4.78 is 5.94. The van der Waals surface area contributed by atoms with Crippen LogP contribution in [-0.4, -0.2) is 19.7 Å². The zero-order chi connectivity index (χ0) is 15.9. The molecule has 23 heavy (non-hydrogen) atoms. The first kappa shape index (κ1) is 16.4. The van der Waals surface area contributed by atoms with Crippen molar-refractivity contribution >= 4 is 11.6 Å². The molecule has 2 nitrogen and oxygen atoms in total. The predicted octanol–water partition coefficient (Wildman–Crippen LogP) is 5.17. The molecule has 122 valence electrons. The zero-order valence-electron chi connectivity index (χ0n) is 13.4. The number of benzene rings is 2. The zero-order valence-corrected chi connectivity index (χ0v) is 14.2. The van der Waals surface area contributed by atoms with Crippen LogP contribution in [0.1, 0.15) is 25.7 Å². The summed E-state index contributed by atoms with van der Waals surface area (Å²) >= 11 is 6.28. The van der Waals surface area contributed by atoms with Gasteiger partial charge in [-0.2, -0.15) is 0 Å². The molecule has 1 saturated heterocycles. The average molecular weight is 330 g/mol. The fourth-order valence-corrected chi connectivity index (χ4v) is 3.43. The van der Waals surface area contributed by atoms with Crippen molar-refractivity contribution in [1.29, 1.82) is 0 Å². The molecule has 3 heteroatoms. The molecular formula is C20H24ClNO. The van der Waals surface area contributed by atoms with Crippen molar-refractivity contribution in [3.8, 4) is 16.9 Å². The summed E-state index contributed by atoms with van der Waals surface area (Å²) in [5, 5.41) is 4.24. The van der Waals surface area contributed by atoms with Gasteiger partial charge in [0.2, 0.25) is 0 Å². The van der Waals surface area contributed by atoms with Crippen LogP contribution in [-0.2, 0) is 0 Å². The summed E-state index contributed by atoms with van der Waals surface area (Å²) in [6.45, 7) is 3.13. The van der Waals surface area contributed by atoms with Gasteiger partial charge in [-0.05, 0) is 68.5 Å². The third-order valence-corrected chi connectivity index (χ3v) is 4.77. The lowest BCUT2D eigenvalue weighted by atomic mass is 9.95. The second-order valence-electron chi connectivity index (χ2n) is 6.21. The highest BCUT2D eigenvalue weighted by atomic mass is 35.5. The van der Waals surface area contributed by atoms with Gasteiger partial charge in [0, 0.05) is 10.6 Å². The van der Waals surface area contributed by atoms with Gasteiger partial charge in [0.1, 0.15) is 5.75 Å². The summed E-state index contributed by atoms with van der Waals surface area (Å²) in [6, 6.07) is 16.1. The van der Waals surface area contributed by atoms with E-state index in [-0.39, 0.29) is 0 Å². The summed E-state index contributed by atoms with van der Waals surface area (Å²) in [4.78, 5) is 0. The monoisotopic (exact) mass is 329 g/mol. The van der Waals surface area contributed by atoms with Crippen LogP contribution < -0.4 is 10.1 Å². The Balaban J connectivity index is 1.52. The highest BCUT2D eigenvalue weighted by molar-refractivity contribution is 6.33. The lowest BCUT2D eigenvalue weighted by molar-refractivity contribution is 0.275. The van der Waals surface area contributed by atoms with E-state index in [1.807, 2.05) is 36.4 Å². The normalized spacial score (nSPS) is 17.9. The van der Waals surface area contributed by atoms with Crippen LogP contribution in [0.5, 0.6) is 5.75 Å². The molecule has 0 bridgehead atoms. The van der Waals surface area contributed by atoms with E-state index in [2.05, 4.69) is 17.4 Å². The fraction of sp³-hybridized carbons (Fsp3) is 0.400. The SMILES string of the molecule is Clc1ccccc1-c1cccc(OCCCC2CCCNC2)c1. The minimum atomic E-state index is 0.773. The Bertz CT molecular complexity index is 623. The molecule has 1 aliphatic heterocycles. The Morgan fingerprint density at radius 3 is 2.87 bits per heavy atom. The van der Waals surface area contributed by atoms with E-state index in [9.17, 15) is 0 Å². The maximum Gasteiger partial charge on any atom is 0.119 e. The summed E-state index contributed by atoms with van der Waals surface area (Å²) in [5.74, 6) is 1.74.